The molecule has 1 amide bonds. The van der Waals surface area contributed by atoms with Crippen LogP contribution >= 0.6 is 27.3 Å². The van der Waals surface area contributed by atoms with E-state index in [-0.39, 0.29) is 18.6 Å². The number of thiazole rings is 1. The highest BCUT2D eigenvalue weighted by molar-refractivity contribution is 9.10. The maximum Gasteiger partial charge on any atom is 0.260 e. The Morgan fingerprint density at radius 3 is 2.83 bits per heavy atom. The lowest BCUT2D eigenvalue weighted by molar-refractivity contribution is -0.134. The molecule has 6 heteroatoms. The Balaban J connectivity index is 1.66. The Morgan fingerprint density at radius 1 is 1.29 bits per heavy atom. The van der Waals surface area contributed by atoms with Crippen LogP contribution in [0.15, 0.2) is 53.0 Å². The number of fused-ring (bicyclic) bond motifs is 1. The van der Waals surface area contributed by atoms with Gasteiger partial charge >= 0.3 is 0 Å². The van der Waals surface area contributed by atoms with Gasteiger partial charge in [-0.15, -0.1) is 11.3 Å². The predicted octanol–water partition coefficient (Wildman–Crippen LogP) is 4.66. The van der Waals surface area contributed by atoms with E-state index in [4.69, 9.17) is 4.74 Å². The van der Waals surface area contributed by atoms with Gasteiger partial charge < -0.3 is 9.64 Å². The van der Waals surface area contributed by atoms with Crippen molar-refractivity contribution in [2.75, 3.05) is 13.7 Å². The smallest absolute Gasteiger partial charge is 0.260 e. The molecule has 1 aromatic heterocycles. The zero-order valence-electron chi connectivity index (χ0n) is 13.4. The Kier molecular flexibility index (Phi) is 5.16. The number of carbonyl (C=O) groups excluding carboxylic acids is 1. The first-order chi connectivity index (χ1) is 11.5. The zero-order valence-corrected chi connectivity index (χ0v) is 15.8. The molecule has 2 aromatic carbocycles. The standard InChI is InChI=1S/C18H17BrN2O2S/c1-12(18-20-15-8-3-4-9-16(15)24-18)21(2)17(22)11-23-14-7-5-6-13(19)10-14/h3-10,12H,11H2,1-2H3/t12-/m1/s1. The van der Waals surface area contributed by atoms with Crippen molar-refractivity contribution >= 4 is 43.4 Å². The van der Waals surface area contributed by atoms with Crippen LogP contribution in [0.3, 0.4) is 0 Å². The molecule has 0 aliphatic carbocycles. The summed E-state index contributed by atoms with van der Waals surface area (Å²) in [6.07, 6.45) is 0. The summed E-state index contributed by atoms with van der Waals surface area (Å²) in [6, 6.07) is 15.3. The molecule has 0 N–H and O–H groups in total. The number of likely N-dealkylation sites (N-methyl/N-ethyl adjacent to an activating group) is 1. The SMILES string of the molecule is C[C@H](c1nc2ccccc2s1)N(C)C(=O)COc1cccc(Br)c1. The minimum Gasteiger partial charge on any atom is -0.484 e. The van der Waals surface area contributed by atoms with Crippen LogP contribution in [0.5, 0.6) is 5.75 Å². The van der Waals surface area contributed by atoms with Crippen LogP contribution < -0.4 is 4.74 Å². The second-order valence-electron chi connectivity index (χ2n) is 5.45. The highest BCUT2D eigenvalue weighted by atomic mass is 79.9. The van der Waals surface area contributed by atoms with Gasteiger partial charge in [-0.25, -0.2) is 4.98 Å². The molecule has 0 unspecified atom stereocenters. The number of halogens is 1. The van der Waals surface area contributed by atoms with E-state index >= 15 is 0 Å². The number of hydrogen-bond acceptors (Lipinski definition) is 4. The van der Waals surface area contributed by atoms with Crippen molar-refractivity contribution in [1.82, 2.24) is 9.88 Å². The minimum absolute atomic E-state index is 0.00217. The summed E-state index contributed by atoms with van der Waals surface area (Å²) in [5.74, 6) is 0.584. The molecule has 24 heavy (non-hydrogen) atoms. The van der Waals surface area contributed by atoms with Crippen LogP contribution in [0.1, 0.15) is 18.0 Å². The number of amides is 1. The Morgan fingerprint density at radius 2 is 2.08 bits per heavy atom. The molecule has 0 saturated heterocycles. The van der Waals surface area contributed by atoms with Gasteiger partial charge in [-0.05, 0) is 37.3 Å². The third kappa shape index (κ3) is 3.76. The zero-order chi connectivity index (χ0) is 17.1. The number of para-hydroxylation sites is 1. The fourth-order valence-electron chi connectivity index (χ4n) is 2.25. The summed E-state index contributed by atoms with van der Waals surface area (Å²) >= 11 is 5.00. The van der Waals surface area contributed by atoms with Gasteiger partial charge in [0.25, 0.3) is 5.91 Å². The first-order valence-electron chi connectivity index (χ1n) is 7.54. The molecular weight excluding hydrogens is 388 g/mol. The Hall–Kier alpha value is -1.92. The average Bonchev–Trinajstić information content (AvgIpc) is 3.02. The molecule has 0 aliphatic heterocycles. The quantitative estimate of drug-likeness (QED) is 0.620. The monoisotopic (exact) mass is 404 g/mol. The second kappa shape index (κ2) is 7.32. The molecule has 3 aromatic rings. The van der Waals surface area contributed by atoms with Crippen LogP contribution in [-0.4, -0.2) is 29.4 Å². The number of ether oxygens (including phenoxy) is 1. The highest BCUT2D eigenvalue weighted by Gasteiger charge is 2.21. The Labute approximate surface area is 153 Å². The van der Waals surface area contributed by atoms with Gasteiger partial charge in [-0.3, -0.25) is 4.79 Å². The normalized spacial score (nSPS) is 12.1. The number of carbonyl (C=O) groups is 1. The van der Waals surface area contributed by atoms with Crippen LogP contribution in [0.25, 0.3) is 10.2 Å². The maximum atomic E-state index is 12.4. The Bertz CT molecular complexity index is 832. The molecular formula is C18H17BrN2O2S. The van der Waals surface area contributed by atoms with Gasteiger partial charge in [0, 0.05) is 11.5 Å². The first kappa shape index (κ1) is 16.9. The first-order valence-corrected chi connectivity index (χ1v) is 9.15. The van der Waals surface area contributed by atoms with Gasteiger partial charge in [0.2, 0.25) is 0 Å². The second-order valence-corrected chi connectivity index (χ2v) is 7.42. The summed E-state index contributed by atoms with van der Waals surface area (Å²) in [4.78, 5) is 18.7. The van der Waals surface area contributed by atoms with E-state index in [0.29, 0.717) is 5.75 Å². The van der Waals surface area contributed by atoms with E-state index in [1.165, 1.54) is 0 Å². The summed E-state index contributed by atoms with van der Waals surface area (Å²) in [5.41, 5.74) is 0.968. The maximum absolute atomic E-state index is 12.4. The number of aromatic nitrogens is 1. The lowest BCUT2D eigenvalue weighted by atomic mass is 10.3. The largest absolute Gasteiger partial charge is 0.484 e. The number of hydrogen-bond donors (Lipinski definition) is 0. The molecule has 0 bridgehead atoms. The highest BCUT2D eigenvalue weighted by Crippen LogP contribution is 2.28. The van der Waals surface area contributed by atoms with Crippen molar-refractivity contribution in [2.45, 2.75) is 13.0 Å². The molecule has 1 atom stereocenters. The van der Waals surface area contributed by atoms with Crippen molar-refractivity contribution in [3.8, 4) is 5.75 Å². The lowest BCUT2D eigenvalue weighted by Crippen LogP contribution is -2.33. The molecule has 0 saturated carbocycles. The molecule has 0 fully saturated rings. The van der Waals surface area contributed by atoms with Crippen molar-refractivity contribution in [3.63, 3.8) is 0 Å². The summed E-state index contributed by atoms with van der Waals surface area (Å²) in [5, 5.41) is 0.925. The van der Waals surface area contributed by atoms with Gasteiger partial charge in [-0.2, -0.15) is 0 Å². The molecule has 3 rings (SSSR count). The molecule has 0 radical (unpaired) electrons. The summed E-state index contributed by atoms with van der Waals surface area (Å²) < 4.78 is 7.63. The number of benzene rings is 2. The molecule has 1 heterocycles. The fourth-order valence-corrected chi connectivity index (χ4v) is 3.70. The van der Waals surface area contributed by atoms with Gasteiger partial charge in [-0.1, -0.05) is 34.1 Å². The summed E-state index contributed by atoms with van der Waals surface area (Å²) in [6.45, 7) is 1.98. The predicted molar refractivity (Wildman–Crippen MR) is 100 cm³/mol. The van der Waals surface area contributed by atoms with Gasteiger partial charge in [0.1, 0.15) is 10.8 Å². The van der Waals surface area contributed by atoms with Crippen LogP contribution in [0.4, 0.5) is 0 Å². The minimum atomic E-state index is -0.0963. The van der Waals surface area contributed by atoms with E-state index in [9.17, 15) is 4.79 Å². The van der Waals surface area contributed by atoms with E-state index in [0.717, 1.165) is 19.7 Å². The fraction of sp³-hybridized carbons (Fsp3) is 0.222. The molecule has 0 aliphatic rings. The molecule has 124 valence electrons. The van der Waals surface area contributed by atoms with Crippen molar-refractivity contribution in [3.05, 3.63) is 58.0 Å². The molecule has 0 spiro atoms. The van der Waals surface area contributed by atoms with Crippen molar-refractivity contribution in [1.29, 1.82) is 0 Å². The number of rotatable bonds is 5. The van der Waals surface area contributed by atoms with Crippen LogP contribution in [0, 0.1) is 0 Å². The lowest BCUT2D eigenvalue weighted by Gasteiger charge is -2.23. The summed E-state index contributed by atoms with van der Waals surface area (Å²) in [7, 11) is 1.78. The third-order valence-electron chi connectivity index (χ3n) is 3.80. The van der Waals surface area contributed by atoms with Crippen LogP contribution in [0.2, 0.25) is 0 Å². The van der Waals surface area contributed by atoms with Gasteiger partial charge in [0.05, 0.1) is 16.3 Å². The topological polar surface area (TPSA) is 42.4 Å². The van der Waals surface area contributed by atoms with E-state index in [1.807, 2.05) is 55.5 Å². The average molecular weight is 405 g/mol. The van der Waals surface area contributed by atoms with Crippen molar-refractivity contribution < 1.29 is 9.53 Å². The van der Waals surface area contributed by atoms with E-state index in [1.54, 1.807) is 23.3 Å². The van der Waals surface area contributed by atoms with E-state index in [2.05, 4.69) is 20.9 Å². The molecule has 4 nitrogen and oxygen atoms in total. The van der Waals surface area contributed by atoms with E-state index < -0.39 is 0 Å². The van der Waals surface area contributed by atoms with Crippen LogP contribution in [-0.2, 0) is 4.79 Å². The third-order valence-corrected chi connectivity index (χ3v) is 5.50. The number of nitrogens with zero attached hydrogens (tertiary/aromatic N) is 2. The van der Waals surface area contributed by atoms with Crippen molar-refractivity contribution in [2.24, 2.45) is 0 Å². The van der Waals surface area contributed by atoms with Gasteiger partial charge in [0.15, 0.2) is 6.61 Å².